The number of aryl methyl sites for hydroxylation is 1. The van der Waals surface area contributed by atoms with Crippen LogP contribution in [0.1, 0.15) is 29.3 Å². The van der Waals surface area contributed by atoms with Gasteiger partial charge in [0.15, 0.2) is 0 Å². The quantitative estimate of drug-likeness (QED) is 0.822. The molecule has 2 fully saturated rings. The molecule has 7 heteroatoms. The molecule has 156 valence electrons. The van der Waals surface area contributed by atoms with E-state index >= 15 is 0 Å². The SMILES string of the molecule is Cn1ncc(C2C=CC=CS2)c1CN1CCC2(CC1)C(=O)NCN2c1ccccc1. The fourth-order valence-electron chi connectivity index (χ4n) is 4.80. The van der Waals surface area contributed by atoms with Gasteiger partial charge in [-0.1, -0.05) is 36.4 Å². The Hall–Kier alpha value is -2.51. The maximum absolute atomic E-state index is 12.9. The molecule has 1 atom stereocenters. The molecule has 0 saturated carbocycles. The molecule has 1 spiro atoms. The number of hydrogen-bond donors (Lipinski definition) is 1. The Balaban J connectivity index is 1.31. The Labute approximate surface area is 181 Å². The van der Waals surface area contributed by atoms with E-state index in [1.807, 2.05) is 47.9 Å². The van der Waals surface area contributed by atoms with E-state index in [1.54, 1.807) is 0 Å². The molecule has 1 N–H and O–H groups in total. The lowest BCUT2D eigenvalue weighted by molar-refractivity contribution is -0.125. The van der Waals surface area contributed by atoms with E-state index in [4.69, 9.17) is 0 Å². The molecule has 0 bridgehead atoms. The Bertz CT molecular complexity index is 975. The number of hydrogen-bond acceptors (Lipinski definition) is 5. The number of rotatable bonds is 4. The Morgan fingerprint density at radius 2 is 2.00 bits per heavy atom. The van der Waals surface area contributed by atoms with Crippen LogP contribution in [0.4, 0.5) is 5.69 Å². The number of carbonyl (C=O) groups is 1. The van der Waals surface area contributed by atoms with Crippen molar-refractivity contribution < 1.29 is 4.79 Å². The summed E-state index contributed by atoms with van der Waals surface area (Å²) in [6.07, 6.45) is 10.1. The van der Waals surface area contributed by atoms with Gasteiger partial charge in [-0.15, -0.1) is 11.8 Å². The number of nitrogens with one attached hydrogen (secondary N) is 1. The second-order valence-corrected chi connectivity index (χ2v) is 9.23. The van der Waals surface area contributed by atoms with Crippen LogP contribution in [0.15, 0.2) is 60.2 Å². The largest absolute Gasteiger partial charge is 0.339 e. The van der Waals surface area contributed by atoms with Crippen molar-refractivity contribution in [2.75, 3.05) is 24.7 Å². The van der Waals surface area contributed by atoms with Gasteiger partial charge in [-0.3, -0.25) is 14.4 Å². The summed E-state index contributed by atoms with van der Waals surface area (Å²) in [6.45, 7) is 3.25. The molecule has 2 aromatic rings. The fourth-order valence-corrected chi connectivity index (χ4v) is 5.68. The van der Waals surface area contributed by atoms with Crippen molar-refractivity contribution in [3.63, 3.8) is 0 Å². The Morgan fingerprint density at radius 3 is 2.73 bits per heavy atom. The van der Waals surface area contributed by atoms with Crippen molar-refractivity contribution in [3.05, 3.63) is 71.4 Å². The first-order chi connectivity index (χ1) is 14.7. The maximum Gasteiger partial charge on any atom is 0.247 e. The highest BCUT2D eigenvalue weighted by molar-refractivity contribution is 8.02. The van der Waals surface area contributed by atoms with Gasteiger partial charge in [0.2, 0.25) is 5.91 Å². The number of piperidine rings is 1. The molecule has 4 heterocycles. The van der Waals surface area contributed by atoms with Crippen LogP contribution < -0.4 is 10.2 Å². The Kier molecular flexibility index (Phi) is 5.16. The fraction of sp³-hybridized carbons (Fsp3) is 0.391. The van der Waals surface area contributed by atoms with Gasteiger partial charge in [-0.2, -0.15) is 5.10 Å². The molecule has 0 radical (unpaired) electrons. The van der Waals surface area contributed by atoms with Gasteiger partial charge in [0, 0.05) is 37.9 Å². The van der Waals surface area contributed by atoms with Crippen molar-refractivity contribution in [3.8, 4) is 0 Å². The van der Waals surface area contributed by atoms with Crippen LogP contribution in [0.2, 0.25) is 0 Å². The lowest BCUT2D eigenvalue weighted by atomic mass is 9.85. The molecular weight excluding hydrogens is 394 g/mol. The van der Waals surface area contributed by atoms with E-state index < -0.39 is 5.54 Å². The van der Waals surface area contributed by atoms with Crippen LogP contribution in [0.5, 0.6) is 0 Å². The minimum absolute atomic E-state index is 0.169. The minimum Gasteiger partial charge on any atom is -0.339 e. The van der Waals surface area contributed by atoms with E-state index in [1.165, 1.54) is 11.3 Å². The van der Waals surface area contributed by atoms with Gasteiger partial charge in [0.05, 0.1) is 23.8 Å². The van der Waals surface area contributed by atoms with Gasteiger partial charge in [-0.05, 0) is 30.4 Å². The zero-order chi connectivity index (χ0) is 20.6. The normalized spacial score (nSPS) is 23.3. The van der Waals surface area contributed by atoms with Gasteiger partial charge in [0.1, 0.15) is 5.54 Å². The van der Waals surface area contributed by atoms with Crippen LogP contribution >= 0.6 is 11.8 Å². The summed E-state index contributed by atoms with van der Waals surface area (Å²) in [4.78, 5) is 17.6. The molecule has 0 aliphatic carbocycles. The third kappa shape index (κ3) is 3.36. The standard InChI is InChI=1S/C23H27N5OS/c1-26-20(19(15-25-26)21-9-5-6-14-30-21)16-27-12-10-23(11-13-27)22(29)24-17-28(23)18-7-3-2-4-8-18/h2-9,14-15,21H,10-13,16-17H2,1H3,(H,24,29). The predicted molar refractivity (Wildman–Crippen MR) is 121 cm³/mol. The van der Waals surface area contributed by atoms with E-state index in [0.717, 1.165) is 38.2 Å². The molecule has 3 aliphatic heterocycles. The number of likely N-dealkylation sites (tertiary alicyclic amines) is 1. The number of thioether (sulfide) groups is 1. The number of allylic oxidation sites excluding steroid dienone is 2. The molecular formula is C23H27N5OS. The van der Waals surface area contributed by atoms with E-state index in [9.17, 15) is 4.79 Å². The van der Waals surface area contributed by atoms with Crippen LogP contribution in [0, 0.1) is 0 Å². The Morgan fingerprint density at radius 1 is 1.20 bits per heavy atom. The van der Waals surface area contributed by atoms with Gasteiger partial charge < -0.3 is 10.2 Å². The number of aromatic nitrogens is 2. The van der Waals surface area contributed by atoms with Crippen molar-refractivity contribution in [2.45, 2.75) is 30.2 Å². The average Bonchev–Trinajstić information content (AvgIpc) is 3.31. The van der Waals surface area contributed by atoms with Crippen LogP contribution in [0.3, 0.4) is 0 Å². The zero-order valence-electron chi connectivity index (χ0n) is 17.2. The smallest absolute Gasteiger partial charge is 0.247 e. The van der Waals surface area contributed by atoms with Crippen molar-refractivity contribution in [1.82, 2.24) is 20.0 Å². The topological polar surface area (TPSA) is 53.4 Å². The van der Waals surface area contributed by atoms with E-state index in [2.05, 4.69) is 56.0 Å². The molecule has 5 rings (SSSR count). The zero-order valence-corrected chi connectivity index (χ0v) is 18.0. The maximum atomic E-state index is 12.9. The lowest BCUT2D eigenvalue weighted by Crippen LogP contribution is -2.56. The van der Waals surface area contributed by atoms with Gasteiger partial charge in [-0.25, -0.2) is 0 Å². The molecule has 3 aliphatic rings. The second-order valence-electron chi connectivity index (χ2n) is 8.18. The monoisotopic (exact) mass is 421 g/mol. The third-order valence-corrected chi connectivity index (χ3v) is 7.58. The highest BCUT2D eigenvalue weighted by Crippen LogP contribution is 2.38. The number of nitrogens with zero attached hydrogens (tertiary/aromatic N) is 4. The van der Waals surface area contributed by atoms with E-state index in [-0.39, 0.29) is 5.91 Å². The van der Waals surface area contributed by atoms with Gasteiger partial charge >= 0.3 is 0 Å². The summed E-state index contributed by atoms with van der Waals surface area (Å²) in [6, 6.07) is 10.3. The molecule has 6 nitrogen and oxygen atoms in total. The first-order valence-corrected chi connectivity index (χ1v) is 11.4. The van der Waals surface area contributed by atoms with Crippen molar-refractivity contribution in [1.29, 1.82) is 0 Å². The van der Waals surface area contributed by atoms with Crippen LogP contribution in [-0.4, -0.2) is 45.9 Å². The molecule has 2 saturated heterocycles. The van der Waals surface area contributed by atoms with Crippen molar-refractivity contribution >= 4 is 23.4 Å². The molecule has 1 unspecified atom stereocenters. The van der Waals surface area contributed by atoms with Gasteiger partial charge in [0.25, 0.3) is 0 Å². The number of benzene rings is 1. The average molecular weight is 422 g/mol. The second kappa shape index (κ2) is 7.96. The highest BCUT2D eigenvalue weighted by Gasteiger charge is 2.50. The number of para-hydroxylation sites is 1. The summed E-state index contributed by atoms with van der Waals surface area (Å²) in [5.41, 5.74) is 3.24. The molecule has 1 amide bonds. The molecule has 30 heavy (non-hydrogen) atoms. The van der Waals surface area contributed by atoms with E-state index in [0.29, 0.717) is 11.9 Å². The summed E-state index contributed by atoms with van der Waals surface area (Å²) >= 11 is 1.82. The lowest BCUT2D eigenvalue weighted by Gasteiger charge is -2.43. The molecule has 1 aromatic heterocycles. The number of amides is 1. The van der Waals surface area contributed by atoms with Crippen molar-refractivity contribution in [2.24, 2.45) is 7.05 Å². The number of anilines is 1. The van der Waals surface area contributed by atoms with Crippen LogP contribution in [0.25, 0.3) is 0 Å². The summed E-state index contributed by atoms with van der Waals surface area (Å²) in [5, 5.41) is 10.1. The van der Waals surface area contributed by atoms with Crippen LogP contribution in [-0.2, 0) is 18.4 Å². The molecule has 1 aromatic carbocycles. The first-order valence-electron chi connectivity index (χ1n) is 10.5. The summed E-state index contributed by atoms with van der Waals surface area (Å²) in [5.74, 6) is 0.169. The highest BCUT2D eigenvalue weighted by atomic mass is 32.2. The summed E-state index contributed by atoms with van der Waals surface area (Å²) < 4.78 is 2.00. The minimum atomic E-state index is -0.431. The third-order valence-electron chi connectivity index (χ3n) is 6.56. The first kappa shape index (κ1) is 19.5. The number of carbonyl (C=O) groups excluding carboxylic acids is 1. The summed E-state index contributed by atoms with van der Waals surface area (Å²) in [7, 11) is 2.03. The predicted octanol–water partition coefficient (Wildman–Crippen LogP) is 3.21.